The highest BCUT2D eigenvalue weighted by molar-refractivity contribution is 7.15. The van der Waals surface area contributed by atoms with E-state index in [2.05, 4.69) is 20.3 Å². The standard InChI is InChI=1S/C14H13F2N3O5S/c1-22-9-5-7(3-4-8(9)24-6-10(20)23-2)12(21)17-14-19-18-13(25-14)11(15)16/h3-5,11H,6H2,1-2H3,(H,17,19,21). The lowest BCUT2D eigenvalue weighted by molar-refractivity contribution is -0.142. The highest BCUT2D eigenvalue weighted by Gasteiger charge is 2.17. The summed E-state index contributed by atoms with van der Waals surface area (Å²) in [7, 11) is 2.59. The molecule has 1 heterocycles. The van der Waals surface area contributed by atoms with Crippen LogP contribution in [-0.4, -0.2) is 42.9 Å². The molecule has 25 heavy (non-hydrogen) atoms. The molecule has 1 amide bonds. The molecule has 0 fully saturated rings. The van der Waals surface area contributed by atoms with Crippen LogP contribution in [0.25, 0.3) is 0 Å². The van der Waals surface area contributed by atoms with Crippen LogP contribution in [0.15, 0.2) is 18.2 Å². The molecule has 0 aliphatic heterocycles. The monoisotopic (exact) mass is 373 g/mol. The van der Waals surface area contributed by atoms with E-state index < -0.39 is 23.3 Å². The Morgan fingerprint density at radius 1 is 1.24 bits per heavy atom. The number of benzene rings is 1. The van der Waals surface area contributed by atoms with Crippen LogP contribution in [0.2, 0.25) is 0 Å². The number of carbonyl (C=O) groups excluding carboxylic acids is 2. The molecular weight excluding hydrogens is 360 g/mol. The highest BCUT2D eigenvalue weighted by Crippen LogP contribution is 2.29. The fraction of sp³-hybridized carbons (Fsp3) is 0.286. The van der Waals surface area contributed by atoms with E-state index in [0.29, 0.717) is 11.3 Å². The summed E-state index contributed by atoms with van der Waals surface area (Å²) < 4.78 is 39.7. The summed E-state index contributed by atoms with van der Waals surface area (Å²) in [6, 6.07) is 4.22. The third kappa shape index (κ3) is 4.83. The molecule has 134 valence electrons. The van der Waals surface area contributed by atoms with Crippen molar-refractivity contribution in [1.82, 2.24) is 10.2 Å². The van der Waals surface area contributed by atoms with Crippen LogP contribution < -0.4 is 14.8 Å². The van der Waals surface area contributed by atoms with E-state index in [1.807, 2.05) is 0 Å². The van der Waals surface area contributed by atoms with Gasteiger partial charge in [0.05, 0.1) is 14.2 Å². The van der Waals surface area contributed by atoms with Crippen molar-refractivity contribution >= 4 is 28.3 Å². The predicted molar refractivity (Wildman–Crippen MR) is 83.3 cm³/mol. The third-order valence-corrected chi connectivity index (χ3v) is 3.69. The second-order valence-corrected chi connectivity index (χ2v) is 5.44. The largest absolute Gasteiger partial charge is 0.493 e. The number of hydrogen-bond donors (Lipinski definition) is 1. The van der Waals surface area contributed by atoms with Gasteiger partial charge in [0.1, 0.15) is 0 Å². The fourth-order valence-electron chi connectivity index (χ4n) is 1.67. The first kappa shape index (κ1) is 18.5. The van der Waals surface area contributed by atoms with Crippen molar-refractivity contribution < 1.29 is 32.6 Å². The van der Waals surface area contributed by atoms with Crippen LogP contribution >= 0.6 is 11.3 Å². The van der Waals surface area contributed by atoms with Crippen LogP contribution in [0.4, 0.5) is 13.9 Å². The lowest BCUT2D eigenvalue weighted by Crippen LogP contribution is -2.14. The van der Waals surface area contributed by atoms with Crippen LogP contribution in [0, 0.1) is 0 Å². The molecule has 0 bridgehead atoms. The van der Waals surface area contributed by atoms with Crippen molar-refractivity contribution in [1.29, 1.82) is 0 Å². The van der Waals surface area contributed by atoms with Crippen molar-refractivity contribution in [3.63, 3.8) is 0 Å². The highest BCUT2D eigenvalue weighted by atomic mass is 32.1. The summed E-state index contributed by atoms with van der Waals surface area (Å²) in [5.41, 5.74) is 0.177. The Hall–Kier alpha value is -2.82. The third-order valence-electron chi connectivity index (χ3n) is 2.85. The number of anilines is 1. The number of carbonyl (C=O) groups is 2. The zero-order valence-corrected chi connectivity index (χ0v) is 13.9. The topological polar surface area (TPSA) is 99.6 Å². The number of hydrogen-bond acceptors (Lipinski definition) is 8. The normalized spacial score (nSPS) is 10.4. The average molecular weight is 373 g/mol. The lowest BCUT2D eigenvalue weighted by Gasteiger charge is -2.11. The summed E-state index contributed by atoms with van der Waals surface area (Å²) in [5.74, 6) is -0.716. The molecular formula is C14H13F2N3O5S. The maximum absolute atomic E-state index is 12.5. The van der Waals surface area contributed by atoms with Crippen molar-refractivity contribution in [2.24, 2.45) is 0 Å². The first-order valence-corrected chi connectivity index (χ1v) is 7.56. The van der Waals surface area contributed by atoms with Gasteiger partial charge < -0.3 is 14.2 Å². The Morgan fingerprint density at radius 3 is 2.60 bits per heavy atom. The van der Waals surface area contributed by atoms with Gasteiger partial charge in [0.25, 0.3) is 12.3 Å². The van der Waals surface area contributed by atoms with Crippen LogP contribution in [0.5, 0.6) is 11.5 Å². The smallest absolute Gasteiger partial charge is 0.343 e. The molecule has 0 saturated carbocycles. The molecule has 8 nitrogen and oxygen atoms in total. The van der Waals surface area contributed by atoms with Crippen molar-refractivity contribution in [3.05, 3.63) is 28.8 Å². The molecule has 11 heteroatoms. The lowest BCUT2D eigenvalue weighted by atomic mass is 10.2. The minimum Gasteiger partial charge on any atom is -0.493 e. The Kier molecular flexibility index (Phi) is 6.17. The van der Waals surface area contributed by atoms with Gasteiger partial charge in [-0.2, -0.15) is 0 Å². The van der Waals surface area contributed by atoms with Gasteiger partial charge in [-0.3, -0.25) is 10.1 Å². The molecule has 2 aromatic rings. The maximum Gasteiger partial charge on any atom is 0.343 e. The number of nitrogens with zero attached hydrogens (tertiary/aromatic N) is 2. The molecule has 2 rings (SSSR count). The molecule has 0 aliphatic rings. The van der Waals surface area contributed by atoms with E-state index in [9.17, 15) is 18.4 Å². The first-order chi connectivity index (χ1) is 11.9. The summed E-state index contributed by atoms with van der Waals surface area (Å²) in [6.45, 7) is -0.320. The van der Waals surface area contributed by atoms with Gasteiger partial charge >= 0.3 is 5.97 Å². The number of esters is 1. The zero-order chi connectivity index (χ0) is 18.4. The summed E-state index contributed by atoms with van der Waals surface area (Å²) in [6.07, 6.45) is -2.76. The number of amides is 1. The molecule has 0 atom stereocenters. The molecule has 0 aliphatic carbocycles. The molecule has 0 spiro atoms. The van der Waals surface area contributed by atoms with E-state index in [1.54, 1.807) is 0 Å². The van der Waals surface area contributed by atoms with E-state index >= 15 is 0 Å². The molecule has 1 aromatic heterocycles. The Labute approximate surface area is 144 Å². The average Bonchev–Trinajstić information content (AvgIpc) is 3.08. The summed E-state index contributed by atoms with van der Waals surface area (Å²) in [5, 5.41) is 8.57. The number of nitrogens with one attached hydrogen (secondary N) is 1. The Balaban J connectivity index is 2.10. The second-order valence-electron chi connectivity index (χ2n) is 4.43. The zero-order valence-electron chi connectivity index (χ0n) is 13.1. The maximum atomic E-state index is 12.5. The van der Waals surface area contributed by atoms with Gasteiger partial charge in [0.2, 0.25) is 5.13 Å². The fourth-order valence-corrected chi connectivity index (χ4v) is 2.26. The van der Waals surface area contributed by atoms with Crippen LogP contribution in [-0.2, 0) is 9.53 Å². The first-order valence-electron chi connectivity index (χ1n) is 6.75. The predicted octanol–water partition coefficient (Wildman–Crippen LogP) is 2.29. The summed E-state index contributed by atoms with van der Waals surface area (Å²) in [4.78, 5) is 23.3. The quantitative estimate of drug-likeness (QED) is 0.743. The molecule has 0 radical (unpaired) electrons. The number of rotatable bonds is 7. The number of ether oxygens (including phenoxy) is 3. The van der Waals surface area contributed by atoms with Gasteiger partial charge in [-0.25, -0.2) is 13.6 Å². The van der Waals surface area contributed by atoms with Gasteiger partial charge in [0.15, 0.2) is 23.1 Å². The van der Waals surface area contributed by atoms with Crippen molar-refractivity contribution in [2.75, 3.05) is 26.1 Å². The van der Waals surface area contributed by atoms with E-state index in [0.717, 1.165) is 0 Å². The van der Waals surface area contributed by atoms with E-state index in [4.69, 9.17) is 9.47 Å². The van der Waals surface area contributed by atoms with Gasteiger partial charge in [-0.1, -0.05) is 11.3 Å². The number of halogens is 2. The second kappa shape index (κ2) is 8.33. The van der Waals surface area contributed by atoms with Gasteiger partial charge in [-0.05, 0) is 18.2 Å². The van der Waals surface area contributed by atoms with Crippen molar-refractivity contribution in [3.8, 4) is 11.5 Å². The summed E-state index contributed by atoms with van der Waals surface area (Å²) >= 11 is 0.579. The Morgan fingerprint density at radius 2 is 2.00 bits per heavy atom. The number of aromatic nitrogens is 2. The SMILES string of the molecule is COC(=O)COc1ccc(C(=O)Nc2nnc(C(F)F)s2)cc1OC. The van der Waals surface area contributed by atoms with Gasteiger partial charge in [-0.15, -0.1) is 10.2 Å². The molecule has 1 aromatic carbocycles. The van der Waals surface area contributed by atoms with E-state index in [-0.39, 0.29) is 28.8 Å². The molecule has 0 saturated heterocycles. The van der Waals surface area contributed by atoms with Crippen LogP contribution in [0.1, 0.15) is 21.8 Å². The van der Waals surface area contributed by atoms with Gasteiger partial charge in [0, 0.05) is 5.56 Å². The van der Waals surface area contributed by atoms with Crippen molar-refractivity contribution in [2.45, 2.75) is 6.43 Å². The molecule has 0 unspecified atom stereocenters. The van der Waals surface area contributed by atoms with Crippen LogP contribution in [0.3, 0.4) is 0 Å². The molecule has 1 N–H and O–H groups in total. The minimum atomic E-state index is -2.76. The Bertz CT molecular complexity index is 769. The minimum absolute atomic E-state index is 0.0507. The van der Waals surface area contributed by atoms with E-state index in [1.165, 1.54) is 32.4 Å². The number of alkyl halides is 2. The number of methoxy groups -OCH3 is 2.